The first-order chi connectivity index (χ1) is 8.29. The fourth-order valence-electron chi connectivity index (χ4n) is 1.42. The van der Waals surface area contributed by atoms with Crippen molar-refractivity contribution >= 4 is 11.8 Å². The van der Waals surface area contributed by atoms with E-state index in [-0.39, 0.29) is 0 Å². The molecule has 0 radical (unpaired) electrons. The van der Waals surface area contributed by atoms with Gasteiger partial charge >= 0.3 is 0 Å². The minimum absolute atomic E-state index is 0.311. The number of phenols is 1. The molecule has 1 N–H and O–H groups in total. The van der Waals surface area contributed by atoms with Crippen LogP contribution in [0, 0.1) is 11.3 Å². The predicted molar refractivity (Wildman–Crippen MR) is 68.8 cm³/mol. The van der Waals surface area contributed by atoms with Gasteiger partial charge in [-0.05, 0) is 29.8 Å². The lowest BCUT2D eigenvalue weighted by Gasteiger charge is -2.04. The Bertz CT molecular complexity index is 543. The molecule has 0 aliphatic heterocycles. The van der Waals surface area contributed by atoms with E-state index in [0.29, 0.717) is 11.3 Å². The van der Waals surface area contributed by atoms with Gasteiger partial charge in [0.05, 0.1) is 11.6 Å². The fraction of sp³-hybridized carbons (Fsp3) is 0.0714. The van der Waals surface area contributed by atoms with Crippen LogP contribution in [-0.2, 0) is 5.75 Å². The van der Waals surface area contributed by atoms with Crippen LogP contribution in [0.5, 0.6) is 5.75 Å². The summed E-state index contributed by atoms with van der Waals surface area (Å²) >= 11 is 1.58. The summed E-state index contributed by atoms with van der Waals surface area (Å²) in [5.41, 5.74) is 1.80. The van der Waals surface area contributed by atoms with Gasteiger partial charge in [0, 0.05) is 10.6 Å². The Kier molecular flexibility index (Phi) is 3.69. The average Bonchev–Trinajstić information content (AvgIpc) is 2.38. The van der Waals surface area contributed by atoms with Gasteiger partial charge in [-0.3, -0.25) is 0 Å². The van der Waals surface area contributed by atoms with E-state index >= 15 is 0 Å². The molecule has 0 aromatic heterocycles. The van der Waals surface area contributed by atoms with E-state index in [4.69, 9.17) is 5.26 Å². The van der Waals surface area contributed by atoms with Gasteiger partial charge in [0.25, 0.3) is 0 Å². The molecule has 0 heterocycles. The lowest BCUT2D eigenvalue weighted by atomic mass is 10.2. The molecule has 0 unspecified atom stereocenters. The third-order valence-electron chi connectivity index (χ3n) is 2.34. The molecule has 0 aliphatic carbocycles. The molecular weight excluding hydrogens is 230 g/mol. The number of aromatic hydroxyl groups is 1. The molecule has 0 bridgehead atoms. The second kappa shape index (κ2) is 5.42. The van der Waals surface area contributed by atoms with Crippen molar-refractivity contribution in [3.05, 3.63) is 59.7 Å². The summed E-state index contributed by atoms with van der Waals surface area (Å²) in [7, 11) is 0. The molecule has 84 valence electrons. The maximum absolute atomic E-state index is 9.61. The zero-order valence-corrected chi connectivity index (χ0v) is 9.95. The molecule has 0 saturated heterocycles. The van der Waals surface area contributed by atoms with Crippen molar-refractivity contribution in [2.24, 2.45) is 0 Å². The quantitative estimate of drug-likeness (QED) is 0.836. The van der Waals surface area contributed by atoms with E-state index in [1.165, 1.54) is 0 Å². The molecule has 2 aromatic carbocycles. The van der Waals surface area contributed by atoms with E-state index in [1.807, 2.05) is 24.3 Å². The number of hydrogen-bond acceptors (Lipinski definition) is 3. The highest BCUT2D eigenvalue weighted by atomic mass is 32.2. The van der Waals surface area contributed by atoms with Crippen LogP contribution in [-0.4, -0.2) is 5.11 Å². The van der Waals surface area contributed by atoms with Crippen molar-refractivity contribution in [1.82, 2.24) is 0 Å². The molecule has 0 aliphatic rings. The SMILES string of the molecule is N#Cc1ccc(CSc2ccccc2O)cc1. The molecule has 0 fully saturated rings. The summed E-state index contributed by atoms with van der Waals surface area (Å²) in [5.74, 6) is 1.09. The lowest BCUT2D eigenvalue weighted by molar-refractivity contribution is 0.462. The Hall–Kier alpha value is -1.92. The lowest BCUT2D eigenvalue weighted by Crippen LogP contribution is -1.82. The summed E-state index contributed by atoms with van der Waals surface area (Å²) in [6.45, 7) is 0. The third kappa shape index (κ3) is 3.02. The number of thioether (sulfide) groups is 1. The van der Waals surface area contributed by atoms with Crippen LogP contribution in [0.2, 0.25) is 0 Å². The first kappa shape index (κ1) is 11.6. The van der Waals surface area contributed by atoms with Gasteiger partial charge in [0.1, 0.15) is 5.75 Å². The van der Waals surface area contributed by atoms with Gasteiger partial charge in [-0.15, -0.1) is 11.8 Å². The number of para-hydroxylation sites is 1. The Balaban J connectivity index is 2.03. The van der Waals surface area contributed by atoms with Crippen LogP contribution in [0.15, 0.2) is 53.4 Å². The molecule has 2 aromatic rings. The molecule has 0 spiro atoms. The average molecular weight is 241 g/mol. The van der Waals surface area contributed by atoms with E-state index in [1.54, 1.807) is 36.0 Å². The van der Waals surface area contributed by atoms with Crippen molar-refractivity contribution in [2.45, 2.75) is 10.6 Å². The molecule has 2 rings (SSSR count). The Morgan fingerprint density at radius 1 is 1.06 bits per heavy atom. The Morgan fingerprint density at radius 2 is 1.76 bits per heavy atom. The van der Waals surface area contributed by atoms with Crippen LogP contribution in [0.1, 0.15) is 11.1 Å². The fourth-order valence-corrected chi connectivity index (χ4v) is 2.32. The van der Waals surface area contributed by atoms with Crippen molar-refractivity contribution in [1.29, 1.82) is 5.26 Å². The standard InChI is InChI=1S/C14H11NOS/c15-9-11-5-7-12(8-6-11)10-17-14-4-2-1-3-13(14)16/h1-8,16H,10H2. The summed E-state index contributed by atoms with van der Waals surface area (Å²) in [6, 6.07) is 16.9. The highest BCUT2D eigenvalue weighted by molar-refractivity contribution is 7.98. The van der Waals surface area contributed by atoms with Crippen LogP contribution in [0.3, 0.4) is 0 Å². The zero-order chi connectivity index (χ0) is 12.1. The maximum atomic E-state index is 9.61. The van der Waals surface area contributed by atoms with Crippen LogP contribution in [0.25, 0.3) is 0 Å². The van der Waals surface area contributed by atoms with Crippen molar-refractivity contribution in [3.8, 4) is 11.8 Å². The van der Waals surface area contributed by atoms with Crippen LogP contribution in [0.4, 0.5) is 0 Å². The van der Waals surface area contributed by atoms with Gasteiger partial charge in [-0.2, -0.15) is 5.26 Å². The molecular formula is C14H11NOS. The van der Waals surface area contributed by atoms with Crippen LogP contribution >= 0.6 is 11.8 Å². The maximum Gasteiger partial charge on any atom is 0.129 e. The number of rotatable bonds is 3. The van der Waals surface area contributed by atoms with Crippen molar-refractivity contribution in [3.63, 3.8) is 0 Å². The summed E-state index contributed by atoms with van der Waals surface area (Å²) in [4.78, 5) is 0.872. The van der Waals surface area contributed by atoms with Crippen molar-refractivity contribution < 1.29 is 5.11 Å². The number of nitriles is 1. The summed E-state index contributed by atoms with van der Waals surface area (Å²) in [6.07, 6.45) is 0. The smallest absolute Gasteiger partial charge is 0.129 e. The number of hydrogen-bond donors (Lipinski definition) is 1. The third-order valence-corrected chi connectivity index (χ3v) is 3.48. The summed E-state index contributed by atoms with van der Waals surface area (Å²) < 4.78 is 0. The van der Waals surface area contributed by atoms with Gasteiger partial charge in [-0.1, -0.05) is 24.3 Å². The number of phenolic OH excluding ortho intramolecular Hbond substituents is 1. The minimum Gasteiger partial charge on any atom is -0.507 e. The molecule has 3 heteroatoms. The van der Waals surface area contributed by atoms with Gasteiger partial charge < -0.3 is 5.11 Å². The van der Waals surface area contributed by atoms with E-state index < -0.39 is 0 Å². The first-order valence-electron chi connectivity index (χ1n) is 5.19. The predicted octanol–water partition coefficient (Wildman–Crippen LogP) is 3.56. The van der Waals surface area contributed by atoms with Crippen LogP contribution < -0.4 is 0 Å². The largest absolute Gasteiger partial charge is 0.507 e. The topological polar surface area (TPSA) is 44.0 Å². The van der Waals surface area contributed by atoms with Gasteiger partial charge in [0.2, 0.25) is 0 Å². The molecule has 0 atom stereocenters. The second-order valence-corrected chi connectivity index (χ2v) is 4.58. The van der Waals surface area contributed by atoms with E-state index in [9.17, 15) is 5.11 Å². The van der Waals surface area contributed by atoms with Gasteiger partial charge in [-0.25, -0.2) is 0 Å². The highest BCUT2D eigenvalue weighted by Gasteiger charge is 2.01. The molecule has 17 heavy (non-hydrogen) atoms. The second-order valence-electron chi connectivity index (χ2n) is 3.57. The molecule has 2 nitrogen and oxygen atoms in total. The summed E-state index contributed by atoms with van der Waals surface area (Å²) in [5, 5.41) is 18.3. The zero-order valence-electron chi connectivity index (χ0n) is 9.13. The van der Waals surface area contributed by atoms with E-state index in [2.05, 4.69) is 6.07 Å². The normalized spacial score (nSPS) is 9.82. The first-order valence-corrected chi connectivity index (χ1v) is 6.18. The Morgan fingerprint density at radius 3 is 2.41 bits per heavy atom. The van der Waals surface area contributed by atoms with Gasteiger partial charge in [0.15, 0.2) is 0 Å². The molecule has 0 amide bonds. The minimum atomic E-state index is 0.311. The van der Waals surface area contributed by atoms with Crippen molar-refractivity contribution in [2.75, 3.05) is 0 Å². The molecule has 0 saturated carbocycles. The number of benzene rings is 2. The monoisotopic (exact) mass is 241 g/mol. The van der Waals surface area contributed by atoms with E-state index in [0.717, 1.165) is 16.2 Å². The number of nitrogens with zero attached hydrogens (tertiary/aromatic N) is 1. The Labute approximate surface area is 105 Å². The highest BCUT2D eigenvalue weighted by Crippen LogP contribution is 2.30.